The van der Waals surface area contributed by atoms with Gasteiger partial charge < -0.3 is 10.4 Å². The van der Waals surface area contributed by atoms with Crippen molar-refractivity contribution in [2.24, 2.45) is 0 Å². The van der Waals surface area contributed by atoms with Gasteiger partial charge in [-0.2, -0.15) is 0 Å². The average Bonchev–Trinajstić information content (AvgIpc) is 2.44. The summed E-state index contributed by atoms with van der Waals surface area (Å²) in [5, 5.41) is 14.8. The number of hydrogen-bond acceptors (Lipinski definition) is 4. The quantitative estimate of drug-likeness (QED) is 0.538. The molecule has 0 radical (unpaired) electrons. The van der Waals surface area contributed by atoms with Gasteiger partial charge in [0, 0.05) is 17.8 Å². The Morgan fingerprint density at radius 1 is 1.45 bits per heavy atom. The van der Waals surface area contributed by atoms with E-state index in [-0.39, 0.29) is 12.1 Å². The summed E-state index contributed by atoms with van der Waals surface area (Å²) in [4.78, 5) is 4.27. The van der Waals surface area contributed by atoms with E-state index in [9.17, 15) is 5.11 Å². The lowest BCUT2D eigenvalue weighted by Gasteiger charge is -2.34. The molecule has 5 heteroatoms. The molecule has 0 amide bonds. The lowest BCUT2D eigenvalue weighted by Crippen LogP contribution is -2.51. The van der Waals surface area contributed by atoms with Crippen molar-refractivity contribution in [1.82, 2.24) is 10.3 Å². The maximum atomic E-state index is 9.68. The van der Waals surface area contributed by atoms with Crippen LogP contribution in [0.3, 0.4) is 0 Å². The summed E-state index contributed by atoms with van der Waals surface area (Å²) in [6.07, 6.45) is 4.63. The number of halogens is 1. The van der Waals surface area contributed by atoms with Crippen LogP contribution in [-0.2, 0) is 0 Å². The number of aromatic nitrogens is 1. The molecule has 0 fully saturated rings. The van der Waals surface area contributed by atoms with Crippen LogP contribution in [0.25, 0.3) is 0 Å². The second-order valence-corrected chi connectivity index (χ2v) is 6.91. The number of nitrogens with zero attached hydrogens (tertiary/aromatic N) is 1. The van der Waals surface area contributed by atoms with Crippen molar-refractivity contribution in [2.75, 3.05) is 12.4 Å². The molecule has 1 atom stereocenters. The fourth-order valence-electron chi connectivity index (χ4n) is 2.23. The van der Waals surface area contributed by atoms with Crippen molar-refractivity contribution >= 4 is 23.4 Å². The first-order valence-corrected chi connectivity index (χ1v) is 8.50. The molecule has 2 N–H and O–H groups in total. The van der Waals surface area contributed by atoms with Gasteiger partial charge in [0.15, 0.2) is 0 Å². The Balaban J connectivity index is 2.38. The average molecular weight is 317 g/mol. The van der Waals surface area contributed by atoms with E-state index in [0.29, 0.717) is 11.1 Å². The fraction of sp³-hybridized carbons (Fsp3) is 0.667. The number of thioether (sulfide) groups is 1. The summed E-state index contributed by atoms with van der Waals surface area (Å²) in [7, 11) is 0. The van der Waals surface area contributed by atoms with Crippen LogP contribution in [0.4, 0.5) is 0 Å². The van der Waals surface area contributed by atoms with E-state index in [1.54, 1.807) is 18.0 Å². The molecule has 20 heavy (non-hydrogen) atoms. The lowest BCUT2D eigenvalue weighted by molar-refractivity contribution is 0.137. The Kier molecular flexibility index (Phi) is 7.88. The number of nitrogens with one attached hydrogen (secondary N) is 1. The van der Waals surface area contributed by atoms with Crippen molar-refractivity contribution in [3.63, 3.8) is 0 Å². The molecule has 0 spiro atoms. The Bertz CT molecular complexity index is 380. The summed E-state index contributed by atoms with van der Waals surface area (Å²) < 4.78 is 0. The molecule has 1 heterocycles. The third-order valence-corrected chi connectivity index (χ3v) is 4.58. The van der Waals surface area contributed by atoms with E-state index < -0.39 is 0 Å². The predicted octanol–water partition coefficient (Wildman–Crippen LogP) is 3.75. The van der Waals surface area contributed by atoms with E-state index in [1.807, 2.05) is 12.1 Å². The standard InChI is InChI=1S/C15H25ClN2OS/c1-4-15(11-19,18-12(2)3)8-5-9-20-14-7-6-13(16)10-17-14/h6-7,10,12,18-19H,4-5,8-9,11H2,1-3H3. The van der Waals surface area contributed by atoms with Gasteiger partial charge in [0.2, 0.25) is 0 Å². The van der Waals surface area contributed by atoms with Crippen LogP contribution < -0.4 is 5.32 Å². The first kappa shape index (κ1) is 17.8. The van der Waals surface area contributed by atoms with E-state index in [1.165, 1.54) is 0 Å². The number of aliphatic hydroxyl groups excluding tert-OH is 1. The predicted molar refractivity (Wildman–Crippen MR) is 87.6 cm³/mol. The summed E-state index contributed by atoms with van der Waals surface area (Å²) in [5.74, 6) is 0.996. The van der Waals surface area contributed by atoms with Crippen molar-refractivity contribution in [1.29, 1.82) is 0 Å². The second kappa shape index (κ2) is 8.88. The molecule has 114 valence electrons. The third-order valence-electron chi connectivity index (χ3n) is 3.32. The molecule has 0 saturated carbocycles. The molecule has 0 aliphatic heterocycles. The normalized spacial score (nSPS) is 14.5. The summed E-state index contributed by atoms with van der Waals surface area (Å²) in [5.41, 5.74) is -0.151. The second-order valence-electron chi connectivity index (χ2n) is 5.36. The van der Waals surface area contributed by atoms with E-state index >= 15 is 0 Å². The zero-order chi connectivity index (χ0) is 15.0. The van der Waals surface area contributed by atoms with Gasteiger partial charge in [-0.15, -0.1) is 11.8 Å². The van der Waals surface area contributed by atoms with E-state index in [4.69, 9.17) is 11.6 Å². The largest absolute Gasteiger partial charge is 0.394 e. The van der Waals surface area contributed by atoms with Crippen LogP contribution in [0.15, 0.2) is 23.4 Å². The molecular formula is C15H25ClN2OS. The molecule has 0 aliphatic carbocycles. The van der Waals surface area contributed by atoms with Gasteiger partial charge in [-0.1, -0.05) is 32.4 Å². The number of rotatable bonds is 9. The molecule has 1 unspecified atom stereocenters. The van der Waals surface area contributed by atoms with Gasteiger partial charge in [0.25, 0.3) is 0 Å². The van der Waals surface area contributed by atoms with Crippen molar-refractivity contribution in [2.45, 2.75) is 56.6 Å². The SMILES string of the molecule is CCC(CO)(CCCSc1ccc(Cl)cn1)NC(C)C. The first-order valence-electron chi connectivity index (χ1n) is 7.14. The van der Waals surface area contributed by atoms with Crippen LogP contribution in [0.2, 0.25) is 5.02 Å². The molecule has 1 aromatic rings. The Morgan fingerprint density at radius 3 is 2.70 bits per heavy atom. The highest BCUT2D eigenvalue weighted by Gasteiger charge is 2.26. The van der Waals surface area contributed by atoms with Crippen LogP contribution in [0.1, 0.15) is 40.0 Å². The van der Waals surface area contributed by atoms with E-state index in [2.05, 4.69) is 31.1 Å². The van der Waals surface area contributed by atoms with Crippen LogP contribution in [-0.4, -0.2) is 34.0 Å². The summed E-state index contributed by atoms with van der Waals surface area (Å²) in [6, 6.07) is 4.19. The van der Waals surface area contributed by atoms with E-state index in [0.717, 1.165) is 30.0 Å². The van der Waals surface area contributed by atoms with Gasteiger partial charge in [-0.25, -0.2) is 4.98 Å². The minimum atomic E-state index is -0.151. The Labute approximate surface area is 131 Å². The van der Waals surface area contributed by atoms with Crippen molar-refractivity contribution < 1.29 is 5.11 Å². The molecule has 0 bridgehead atoms. The van der Waals surface area contributed by atoms with Crippen molar-refractivity contribution in [3.05, 3.63) is 23.4 Å². The Hall–Kier alpha value is -0.290. The highest BCUT2D eigenvalue weighted by Crippen LogP contribution is 2.23. The molecular weight excluding hydrogens is 292 g/mol. The minimum absolute atomic E-state index is 0.151. The van der Waals surface area contributed by atoms with Gasteiger partial charge in [-0.3, -0.25) is 0 Å². The molecule has 0 saturated heterocycles. The lowest BCUT2D eigenvalue weighted by atomic mass is 9.91. The molecule has 3 nitrogen and oxygen atoms in total. The van der Waals surface area contributed by atoms with Crippen molar-refractivity contribution in [3.8, 4) is 0 Å². The van der Waals surface area contributed by atoms with Gasteiger partial charge in [0.1, 0.15) is 0 Å². The van der Waals surface area contributed by atoms with Crippen LogP contribution in [0, 0.1) is 0 Å². The topological polar surface area (TPSA) is 45.2 Å². The van der Waals surface area contributed by atoms with Crippen LogP contribution in [0.5, 0.6) is 0 Å². The third kappa shape index (κ3) is 6.00. The molecule has 0 aliphatic rings. The molecule has 1 rings (SSSR count). The molecule has 1 aromatic heterocycles. The zero-order valence-electron chi connectivity index (χ0n) is 12.5. The number of hydrogen-bond donors (Lipinski definition) is 2. The van der Waals surface area contributed by atoms with Gasteiger partial charge in [-0.05, 0) is 37.1 Å². The minimum Gasteiger partial charge on any atom is -0.394 e. The fourth-order valence-corrected chi connectivity index (χ4v) is 3.14. The highest BCUT2D eigenvalue weighted by atomic mass is 35.5. The number of aliphatic hydroxyl groups is 1. The monoisotopic (exact) mass is 316 g/mol. The Morgan fingerprint density at radius 2 is 2.20 bits per heavy atom. The number of pyridine rings is 1. The van der Waals surface area contributed by atoms with Gasteiger partial charge >= 0.3 is 0 Å². The van der Waals surface area contributed by atoms with Gasteiger partial charge in [0.05, 0.1) is 16.7 Å². The highest BCUT2D eigenvalue weighted by molar-refractivity contribution is 7.99. The summed E-state index contributed by atoms with van der Waals surface area (Å²) in [6.45, 7) is 6.55. The maximum Gasteiger partial charge on any atom is 0.0960 e. The first-order chi connectivity index (χ1) is 9.51. The zero-order valence-corrected chi connectivity index (χ0v) is 14.1. The molecule has 0 aromatic carbocycles. The smallest absolute Gasteiger partial charge is 0.0960 e. The van der Waals surface area contributed by atoms with Crippen LogP contribution >= 0.6 is 23.4 Å². The summed E-state index contributed by atoms with van der Waals surface area (Å²) >= 11 is 7.54. The maximum absolute atomic E-state index is 9.68.